The molecule has 6 nitrogen and oxygen atoms in total. The molecule has 1 aromatic carbocycles. The minimum atomic E-state index is -4.48. The first-order chi connectivity index (χ1) is 11.8. The van der Waals surface area contributed by atoms with E-state index in [9.17, 15) is 22.2 Å². The third kappa shape index (κ3) is 5.47. The van der Waals surface area contributed by atoms with Gasteiger partial charge in [0.2, 0.25) is 5.43 Å². The minimum absolute atomic E-state index is 0. The molecule has 136 valence electrons. The van der Waals surface area contributed by atoms with Gasteiger partial charge in [-0.1, -0.05) is 0 Å². The summed E-state index contributed by atoms with van der Waals surface area (Å²) in [5, 5.41) is 0.0149. The molecule has 0 aliphatic heterocycles. The van der Waals surface area contributed by atoms with E-state index < -0.39 is 22.5 Å². The van der Waals surface area contributed by atoms with E-state index in [2.05, 4.69) is 15.0 Å². The van der Waals surface area contributed by atoms with Gasteiger partial charge >= 0.3 is 65.3 Å². The van der Waals surface area contributed by atoms with E-state index in [4.69, 9.17) is 4.74 Å². The zero-order valence-corrected chi connectivity index (χ0v) is 19.6. The number of fused-ring (bicyclic) bond motifs is 1. The van der Waals surface area contributed by atoms with Crippen LogP contribution >= 0.6 is 0 Å². The molecule has 0 bridgehead atoms. The van der Waals surface area contributed by atoms with Gasteiger partial charge in [-0.2, -0.15) is 13.2 Å². The quantitative estimate of drug-likeness (QED) is 0.437. The summed E-state index contributed by atoms with van der Waals surface area (Å²) in [5.41, 5.74) is -0.482. The van der Waals surface area contributed by atoms with Gasteiger partial charge in [-0.15, -0.1) is 0 Å². The summed E-state index contributed by atoms with van der Waals surface area (Å²) in [7, 11) is -0.397. The third-order valence-corrected chi connectivity index (χ3v) is 4.65. The van der Waals surface area contributed by atoms with E-state index in [0.29, 0.717) is 5.69 Å². The third-order valence-electron chi connectivity index (χ3n) is 3.47. The van der Waals surface area contributed by atoms with Crippen LogP contribution in [0.15, 0.2) is 40.4 Å². The van der Waals surface area contributed by atoms with Crippen molar-refractivity contribution in [1.29, 1.82) is 0 Å². The Bertz CT molecular complexity index is 1030. The summed E-state index contributed by atoms with van der Waals surface area (Å²) in [6.07, 6.45) is -3.08. The standard InChI is InChI=1S/C15H12F3N3O3S.2Na.2H/c1-24-13-11(19-5-4-12(13)22)7-25(23)14-20-9-3-2-8(15(16,17)18)6-10(9)21-14;;;;/h2-6H,7H2,1H3,(H,19,22)(H,20,21);;;;/q;2*+1;2*-1. The van der Waals surface area contributed by atoms with Gasteiger partial charge in [-0.05, 0) is 18.2 Å². The van der Waals surface area contributed by atoms with Crippen molar-refractivity contribution >= 4 is 21.8 Å². The molecule has 12 heteroatoms. The SMILES string of the molecule is COc1c(CS(=O)c2nc3ccc(C(F)(F)F)cc3[nH]2)[nH]ccc1=O.[H-].[H-].[Na+].[Na+]. The van der Waals surface area contributed by atoms with Crippen LogP contribution in [0, 0.1) is 0 Å². The largest absolute Gasteiger partial charge is 1.00 e. The van der Waals surface area contributed by atoms with Crippen molar-refractivity contribution in [3.05, 3.63) is 51.9 Å². The van der Waals surface area contributed by atoms with Gasteiger partial charge in [0, 0.05) is 12.3 Å². The van der Waals surface area contributed by atoms with Crippen molar-refractivity contribution in [3.8, 4) is 5.75 Å². The summed E-state index contributed by atoms with van der Waals surface area (Å²) in [6, 6.07) is 4.30. The zero-order chi connectivity index (χ0) is 18.2. The van der Waals surface area contributed by atoms with E-state index in [0.717, 1.165) is 12.1 Å². The van der Waals surface area contributed by atoms with Crippen molar-refractivity contribution in [2.45, 2.75) is 17.1 Å². The number of rotatable bonds is 4. The summed E-state index contributed by atoms with van der Waals surface area (Å²) in [6.45, 7) is 0. The maximum atomic E-state index is 12.7. The Morgan fingerprint density at radius 3 is 2.59 bits per heavy atom. The smallest absolute Gasteiger partial charge is 1.00 e. The van der Waals surface area contributed by atoms with Gasteiger partial charge in [0.1, 0.15) is 0 Å². The molecule has 1 atom stereocenters. The number of imidazole rings is 1. The second-order valence-corrected chi connectivity index (χ2v) is 6.48. The first-order valence-corrected chi connectivity index (χ1v) is 8.31. The number of hydrogen-bond donors (Lipinski definition) is 2. The summed E-state index contributed by atoms with van der Waals surface area (Å²) in [4.78, 5) is 21.2. The number of aromatic nitrogens is 3. The Kier molecular flexibility index (Phi) is 8.80. The number of benzene rings is 1. The van der Waals surface area contributed by atoms with E-state index in [1.165, 1.54) is 25.4 Å². The molecule has 3 rings (SSSR count). The molecule has 0 saturated heterocycles. The van der Waals surface area contributed by atoms with Crippen LogP contribution in [0.4, 0.5) is 13.2 Å². The van der Waals surface area contributed by atoms with Crippen LogP contribution in [-0.4, -0.2) is 26.3 Å². The number of hydrogen-bond acceptors (Lipinski definition) is 4. The number of pyridine rings is 1. The maximum Gasteiger partial charge on any atom is 1.00 e. The van der Waals surface area contributed by atoms with Gasteiger partial charge in [-0.25, -0.2) is 4.98 Å². The first-order valence-electron chi connectivity index (χ1n) is 6.99. The molecule has 0 spiro atoms. The number of H-pyrrole nitrogens is 2. The van der Waals surface area contributed by atoms with Crippen LogP contribution in [0.2, 0.25) is 0 Å². The Hall–Kier alpha value is -0.620. The minimum Gasteiger partial charge on any atom is -1.00 e. The van der Waals surface area contributed by atoms with Gasteiger partial charge in [0.15, 0.2) is 10.9 Å². The van der Waals surface area contributed by atoms with Crippen molar-refractivity contribution in [2.75, 3.05) is 7.11 Å². The van der Waals surface area contributed by atoms with E-state index in [1.807, 2.05) is 0 Å². The Balaban J connectivity index is 0. The predicted molar refractivity (Wildman–Crippen MR) is 87.0 cm³/mol. The predicted octanol–water partition coefficient (Wildman–Crippen LogP) is -3.18. The monoisotopic (exact) mass is 419 g/mol. The molecule has 0 aliphatic rings. The van der Waals surface area contributed by atoms with Crippen LogP contribution in [0.3, 0.4) is 0 Å². The second kappa shape index (κ2) is 9.73. The van der Waals surface area contributed by atoms with Crippen molar-refractivity contribution in [1.82, 2.24) is 15.0 Å². The van der Waals surface area contributed by atoms with E-state index >= 15 is 0 Å². The molecule has 0 radical (unpaired) electrons. The van der Waals surface area contributed by atoms with Crippen LogP contribution in [0.5, 0.6) is 5.75 Å². The number of halogens is 3. The molecule has 0 fully saturated rings. The fourth-order valence-corrected chi connectivity index (χ4v) is 3.35. The van der Waals surface area contributed by atoms with E-state index in [1.54, 1.807) is 0 Å². The Labute approximate surface area is 201 Å². The number of nitrogens with zero attached hydrogens (tertiary/aromatic N) is 1. The molecular formula is C15H14F3N3Na2O3S. The maximum absolute atomic E-state index is 12.7. The second-order valence-electron chi connectivity index (χ2n) is 5.12. The van der Waals surface area contributed by atoms with Crippen LogP contribution in [0.1, 0.15) is 14.1 Å². The first kappa shape index (κ1) is 24.4. The fourth-order valence-electron chi connectivity index (χ4n) is 2.31. The van der Waals surface area contributed by atoms with Gasteiger partial charge in [0.05, 0.1) is 46.0 Å². The molecule has 0 aliphatic carbocycles. The summed E-state index contributed by atoms with van der Waals surface area (Å²) >= 11 is 0. The topological polar surface area (TPSA) is 87.8 Å². The van der Waals surface area contributed by atoms with Crippen molar-refractivity contribution < 1.29 is 84.1 Å². The summed E-state index contributed by atoms with van der Waals surface area (Å²) in [5.74, 6) is -0.0723. The zero-order valence-electron chi connectivity index (χ0n) is 16.8. The van der Waals surface area contributed by atoms with Gasteiger partial charge in [-0.3, -0.25) is 9.00 Å². The van der Waals surface area contributed by atoms with Crippen molar-refractivity contribution in [3.63, 3.8) is 0 Å². The molecule has 27 heavy (non-hydrogen) atoms. The molecule has 0 amide bonds. The molecule has 0 saturated carbocycles. The molecular weight excluding hydrogens is 405 g/mol. The van der Waals surface area contributed by atoms with Crippen LogP contribution in [-0.2, 0) is 22.7 Å². The fraction of sp³-hybridized carbons (Fsp3) is 0.200. The van der Waals surface area contributed by atoms with Crippen molar-refractivity contribution in [2.24, 2.45) is 0 Å². The van der Waals surface area contributed by atoms with Crippen LogP contribution < -0.4 is 69.3 Å². The number of ether oxygens (including phenoxy) is 1. The normalized spacial score (nSPS) is 12.1. The molecule has 2 N–H and O–H groups in total. The molecule has 2 aromatic heterocycles. The number of aromatic amines is 2. The number of alkyl halides is 3. The van der Waals surface area contributed by atoms with Gasteiger partial charge < -0.3 is 17.6 Å². The number of nitrogens with one attached hydrogen (secondary N) is 2. The average Bonchev–Trinajstić information content (AvgIpc) is 2.97. The summed E-state index contributed by atoms with van der Waals surface area (Å²) < 4.78 is 55.7. The molecule has 1 unspecified atom stereocenters. The molecule has 2 heterocycles. The van der Waals surface area contributed by atoms with Gasteiger partial charge in [0.25, 0.3) is 0 Å². The molecule has 3 aromatic rings. The average molecular weight is 419 g/mol. The Morgan fingerprint density at radius 2 is 1.96 bits per heavy atom. The van der Waals surface area contributed by atoms with Crippen LogP contribution in [0.25, 0.3) is 11.0 Å². The van der Waals surface area contributed by atoms with E-state index in [-0.39, 0.29) is 95.1 Å². The Morgan fingerprint density at radius 1 is 1.26 bits per heavy atom. The number of methoxy groups -OCH3 is 1.